The van der Waals surface area contributed by atoms with Crippen molar-refractivity contribution >= 4 is 5.69 Å². The number of hydrogen-bond donors (Lipinski definition) is 2. The van der Waals surface area contributed by atoms with E-state index in [0.29, 0.717) is 18.1 Å². The molecule has 2 saturated heterocycles. The number of aliphatic hydroxyl groups excluding tert-OH is 1. The highest BCUT2D eigenvalue weighted by atomic mass is 16.3. The quantitative estimate of drug-likeness (QED) is 0.876. The number of para-hydroxylation sites is 1. The van der Waals surface area contributed by atoms with Crippen LogP contribution in [0.3, 0.4) is 0 Å². The maximum atomic E-state index is 9.94. The summed E-state index contributed by atoms with van der Waals surface area (Å²) in [6.07, 6.45) is 4.22. The molecule has 19 heavy (non-hydrogen) atoms. The summed E-state index contributed by atoms with van der Waals surface area (Å²) in [5, 5.41) is 13.3. The molecule has 2 aliphatic rings. The molecule has 0 saturated carbocycles. The molecule has 3 rings (SSSR count). The normalized spacial score (nSPS) is 31.5. The number of benzene rings is 1. The van der Waals surface area contributed by atoms with Crippen LogP contribution in [0, 0.1) is 0 Å². The van der Waals surface area contributed by atoms with Crippen molar-refractivity contribution in [1.82, 2.24) is 5.32 Å². The number of aliphatic hydroxyl groups is 1. The van der Waals surface area contributed by atoms with E-state index in [4.69, 9.17) is 0 Å². The Morgan fingerprint density at radius 1 is 1.21 bits per heavy atom. The Morgan fingerprint density at radius 3 is 2.47 bits per heavy atom. The Balaban J connectivity index is 1.95. The van der Waals surface area contributed by atoms with E-state index < -0.39 is 0 Å². The molecule has 0 radical (unpaired) electrons. The third-order valence-corrected chi connectivity index (χ3v) is 4.82. The SMILES string of the molecule is CNC(C)c1ccccc1N1C2CCC1CC(O)C2. The first kappa shape index (κ1) is 12.9. The van der Waals surface area contributed by atoms with Gasteiger partial charge in [0.1, 0.15) is 0 Å². The van der Waals surface area contributed by atoms with Crippen LogP contribution < -0.4 is 10.2 Å². The van der Waals surface area contributed by atoms with E-state index in [1.54, 1.807) is 0 Å². The van der Waals surface area contributed by atoms with E-state index in [1.807, 2.05) is 7.05 Å². The van der Waals surface area contributed by atoms with Crippen LogP contribution in [-0.4, -0.2) is 30.3 Å². The first-order valence-electron chi connectivity index (χ1n) is 7.43. The zero-order valence-corrected chi connectivity index (χ0v) is 11.8. The van der Waals surface area contributed by atoms with Crippen molar-refractivity contribution in [3.05, 3.63) is 29.8 Å². The molecule has 0 aromatic heterocycles. The predicted molar refractivity (Wildman–Crippen MR) is 78.4 cm³/mol. The highest BCUT2D eigenvalue weighted by molar-refractivity contribution is 5.58. The third-order valence-electron chi connectivity index (χ3n) is 4.82. The van der Waals surface area contributed by atoms with E-state index in [0.717, 1.165) is 12.8 Å². The first-order chi connectivity index (χ1) is 9.20. The van der Waals surface area contributed by atoms with Gasteiger partial charge >= 0.3 is 0 Å². The minimum Gasteiger partial charge on any atom is -0.393 e. The number of nitrogens with zero attached hydrogens (tertiary/aromatic N) is 1. The maximum absolute atomic E-state index is 9.94. The van der Waals surface area contributed by atoms with Gasteiger partial charge in [-0.05, 0) is 51.3 Å². The highest BCUT2D eigenvalue weighted by Crippen LogP contribution is 2.41. The summed E-state index contributed by atoms with van der Waals surface area (Å²) in [5.74, 6) is 0. The minimum atomic E-state index is -0.0948. The molecule has 104 valence electrons. The monoisotopic (exact) mass is 260 g/mol. The lowest BCUT2D eigenvalue weighted by Gasteiger charge is -2.40. The molecule has 3 unspecified atom stereocenters. The van der Waals surface area contributed by atoms with E-state index >= 15 is 0 Å². The summed E-state index contributed by atoms with van der Waals surface area (Å²) >= 11 is 0. The van der Waals surface area contributed by atoms with Crippen molar-refractivity contribution in [2.45, 2.75) is 56.8 Å². The minimum absolute atomic E-state index is 0.0948. The van der Waals surface area contributed by atoms with Crippen molar-refractivity contribution in [1.29, 1.82) is 0 Å². The van der Waals surface area contributed by atoms with Gasteiger partial charge in [0.15, 0.2) is 0 Å². The molecule has 1 aromatic rings. The Hall–Kier alpha value is -1.06. The van der Waals surface area contributed by atoms with Crippen LogP contribution in [-0.2, 0) is 0 Å². The van der Waals surface area contributed by atoms with Gasteiger partial charge in [0.2, 0.25) is 0 Å². The number of fused-ring (bicyclic) bond motifs is 2. The fourth-order valence-electron chi connectivity index (χ4n) is 3.79. The van der Waals surface area contributed by atoms with Crippen LogP contribution in [0.2, 0.25) is 0 Å². The second kappa shape index (κ2) is 5.14. The van der Waals surface area contributed by atoms with Crippen LogP contribution in [0.5, 0.6) is 0 Å². The molecule has 2 N–H and O–H groups in total. The molecule has 1 aromatic carbocycles. The van der Waals surface area contributed by atoms with Crippen LogP contribution in [0.25, 0.3) is 0 Å². The Kier molecular flexibility index (Phi) is 3.50. The fourth-order valence-corrected chi connectivity index (χ4v) is 3.79. The largest absolute Gasteiger partial charge is 0.393 e. The molecule has 0 aliphatic carbocycles. The third kappa shape index (κ3) is 2.26. The lowest BCUT2D eigenvalue weighted by atomic mass is 9.96. The average Bonchev–Trinajstić information content (AvgIpc) is 2.70. The van der Waals surface area contributed by atoms with Crippen LogP contribution >= 0.6 is 0 Å². The highest BCUT2D eigenvalue weighted by Gasteiger charge is 2.40. The van der Waals surface area contributed by atoms with Gasteiger partial charge in [-0.25, -0.2) is 0 Å². The number of anilines is 1. The number of nitrogens with one attached hydrogen (secondary N) is 1. The summed E-state index contributed by atoms with van der Waals surface area (Å²) in [6.45, 7) is 2.21. The van der Waals surface area contributed by atoms with Crippen LogP contribution in [0.15, 0.2) is 24.3 Å². The smallest absolute Gasteiger partial charge is 0.0579 e. The van der Waals surface area contributed by atoms with Gasteiger partial charge in [0.25, 0.3) is 0 Å². The summed E-state index contributed by atoms with van der Waals surface area (Å²) in [7, 11) is 2.01. The van der Waals surface area contributed by atoms with E-state index in [9.17, 15) is 5.11 Å². The van der Waals surface area contributed by atoms with E-state index in [2.05, 4.69) is 41.4 Å². The standard InChI is InChI=1S/C16H24N2O/c1-11(17-2)15-5-3-4-6-16(15)18-12-7-8-13(18)10-14(19)9-12/h3-6,11-14,17,19H,7-10H2,1-2H3. The maximum Gasteiger partial charge on any atom is 0.0579 e. The summed E-state index contributed by atoms with van der Waals surface area (Å²) < 4.78 is 0. The van der Waals surface area contributed by atoms with Gasteiger partial charge in [0.05, 0.1) is 6.10 Å². The molecule has 3 nitrogen and oxygen atoms in total. The molecule has 0 spiro atoms. The van der Waals surface area contributed by atoms with Gasteiger partial charge in [-0.1, -0.05) is 18.2 Å². The van der Waals surface area contributed by atoms with Gasteiger partial charge in [-0.15, -0.1) is 0 Å². The van der Waals surface area contributed by atoms with Gasteiger partial charge < -0.3 is 15.3 Å². The first-order valence-corrected chi connectivity index (χ1v) is 7.43. The van der Waals surface area contributed by atoms with Gasteiger partial charge in [0, 0.05) is 23.8 Å². The Morgan fingerprint density at radius 2 is 1.84 bits per heavy atom. The molecule has 3 heteroatoms. The molecule has 2 aliphatic heterocycles. The lowest BCUT2D eigenvalue weighted by molar-refractivity contribution is 0.126. The summed E-state index contributed by atoms with van der Waals surface area (Å²) in [6, 6.07) is 10.1. The molecule has 0 amide bonds. The molecule has 2 heterocycles. The van der Waals surface area contributed by atoms with Crippen molar-refractivity contribution in [3.63, 3.8) is 0 Å². The summed E-state index contributed by atoms with van der Waals surface area (Å²) in [5.41, 5.74) is 2.74. The second-order valence-electron chi connectivity index (χ2n) is 5.99. The number of rotatable bonds is 3. The molecular formula is C16H24N2O. The molecule has 3 atom stereocenters. The lowest BCUT2D eigenvalue weighted by Crippen LogP contribution is -2.45. The molecule has 2 bridgehead atoms. The molecular weight excluding hydrogens is 236 g/mol. The van der Waals surface area contributed by atoms with Gasteiger partial charge in [-0.3, -0.25) is 0 Å². The zero-order valence-electron chi connectivity index (χ0n) is 11.8. The van der Waals surface area contributed by atoms with Crippen LogP contribution in [0.4, 0.5) is 5.69 Å². The van der Waals surface area contributed by atoms with Crippen molar-refractivity contribution in [3.8, 4) is 0 Å². The number of piperidine rings is 1. The van der Waals surface area contributed by atoms with E-state index in [1.165, 1.54) is 24.1 Å². The Labute approximate surface area is 115 Å². The van der Waals surface area contributed by atoms with Crippen molar-refractivity contribution in [2.24, 2.45) is 0 Å². The molecule has 2 fully saturated rings. The number of hydrogen-bond acceptors (Lipinski definition) is 3. The van der Waals surface area contributed by atoms with Gasteiger partial charge in [-0.2, -0.15) is 0 Å². The van der Waals surface area contributed by atoms with Crippen LogP contribution in [0.1, 0.15) is 44.2 Å². The summed E-state index contributed by atoms with van der Waals surface area (Å²) in [4.78, 5) is 2.58. The predicted octanol–water partition coefficient (Wildman–Crippen LogP) is 2.46. The van der Waals surface area contributed by atoms with Crippen molar-refractivity contribution < 1.29 is 5.11 Å². The zero-order chi connectivity index (χ0) is 13.4. The van der Waals surface area contributed by atoms with E-state index in [-0.39, 0.29) is 6.10 Å². The fraction of sp³-hybridized carbons (Fsp3) is 0.625. The van der Waals surface area contributed by atoms with Crippen molar-refractivity contribution in [2.75, 3.05) is 11.9 Å². The Bertz CT molecular complexity index is 434. The topological polar surface area (TPSA) is 35.5 Å². The average molecular weight is 260 g/mol. The second-order valence-corrected chi connectivity index (χ2v) is 5.99.